The molecule has 0 aromatic carbocycles. The van der Waals surface area contributed by atoms with Gasteiger partial charge in [-0.3, -0.25) is 4.90 Å². The second kappa shape index (κ2) is 6.15. The number of thiophene rings is 1. The average molecular weight is 303 g/mol. The molecule has 1 aromatic rings. The average Bonchev–Trinajstić information content (AvgIpc) is 2.66. The highest BCUT2D eigenvalue weighted by Gasteiger charge is 2.15. The van der Waals surface area contributed by atoms with E-state index in [-0.39, 0.29) is 0 Å². The molecule has 1 fully saturated rings. The second-order valence-corrected chi connectivity index (χ2v) is 6.39. The molecular formula is C12H19BrN2S. The lowest BCUT2D eigenvalue weighted by molar-refractivity contribution is 0.258. The SMILES string of the molecule is CN(Cc1sccc1Br)CC1CCCCN1. The summed E-state index contributed by atoms with van der Waals surface area (Å²) in [5.74, 6) is 0. The van der Waals surface area contributed by atoms with Crippen LogP contribution in [0.25, 0.3) is 0 Å². The minimum atomic E-state index is 0.692. The fraction of sp³-hybridized carbons (Fsp3) is 0.667. The van der Waals surface area contributed by atoms with E-state index in [1.807, 2.05) is 11.3 Å². The van der Waals surface area contributed by atoms with Crippen molar-refractivity contribution in [1.82, 2.24) is 10.2 Å². The zero-order valence-corrected chi connectivity index (χ0v) is 12.1. The molecule has 0 saturated carbocycles. The molecule has 1 atom stereocenters. The third kappa shape index (κ3) is 3.55. The fourth-order valence-electron chi connectivity index (χ4n) is 2.20. The van der Waals surface area contributed by atoms with Gasteiger partial charge in [0.2, 0.25) is 0 Å². The van der Waals surface area contributed by atoms with Crippen LogP contribution in [-0.2, 0) is 6.54 Å². The number of hydrogen-bond acceptors (Lipinski definition) is 3. The molecule has 1 unspecified atom stereocenters. The van der Waals surface area contributed by atoms with Crippen LogP contribution in [0.15, 0.2) is 15.9 Å². The number of halogens is 1. The molecule has 1 N–H and O–H groups in total. The van der Waals surface area contributed by atoms with E-state index < -0.39 is 0 Å². The van der Waals surface area contributed by atoms with E-state index in [1.165, 1.54) is 35.2 Å². The minimum absolute atomic E-state index is 0.692. The first-order chi connectivity index (χ1) is 7.75. The van der Waals surface area contributed by atoms with Crippen molar-refractivity contribution in [3.05, 3.63) is 20.8 Å². The summed E-state index contributed by atoms with van der Waals surface area (Å²) in [5.41, 5.74) is 0. The summed E-state index contributed by atoms with van der Waals surface area (Å²) in [5, 5.41) is 5.74. The van der Waals surface area contributed by atoms with E-state index in [2.05, 4.69) is 44.6 Å². The number of nitrogens with zero attached hydrogens (tertiary/aromatic N) is 1. The lowest BCUT2D eigenvalue weighted by Crippen LogP contribution is -2.42. The normalized spacial score (nSPS) is 21.6. The van der Waals surface area contributed by atoms with Gasteiger partial charge in [-0.05, 0) is 53.8 Å². The number of likely N-dealkylation sites (N-methyl/N-ethyl adjacent to an activating group) is 1. The quantitative estimate of drug-likeness (QED) is 0.919. The second-order valence-electron chi connectivity index (χ2n) is 4.54. The van der Waals surface area contributed by atoms with Crippen LogP contribution in [0, 0.1) is 0 Å². The largest absolute Gasteiger partial charge is 0.313 e. The molecule has 2 rings (SSSR count). The van der Waals surface area contributed by atoms with Crippen molar-refractivity contribution in [3.63, 3.8) is 0 Å². The van der Waals surface area contributed by atoms with E-state index in [1.54, 1.807) is 0 Å². The number of piperidine rings is 1. The summed E-state index contributed by atoms with van der Waals surface area (Å²) < 4.78 is 1.25. The van der Waals surface area contributed by atoms with Crippen LogP contribution < -0.4 is 5.32 Å². The fourth-order valence-corrected chi connectivity index (χ4v) is 3.76. The predicted molar refractivity (Wildman–Crippen MR) is 74.0 cm³/mol. The third-order valence-corrected chi connectivity index (χ3v) is 4.96. The van der Waals surface area contributed by atoms with E-state index in [9.17, 15) is 0 Å². The highest BCUT2D eigenvalue weighted by Crippen LogP contribution is 2.24. The van der Waals surface area contributed by atoms with E-state index in [4.69, 9.17) is 0 Å². The van der Waals surface area contributed by atoms with Gasteiger partial charge >= 0.3 is 0 Å². The highest BCUT2D eigenvalue weighted by molar-refractivity contribution is 9.10. The summed E-state index contributed by atoms with van der Waals surface area (Å²) in [6.45, 7) is 3.40. The maximum Gasteiger partial charge on any atom is 0.0336 e. The Kier molecular flexibility index (Phi) is 4.82. The van der Waals surface area contributed by atoms with Gasteiger partial charge in [0.05, 0.1) is 0 Å². The predicted octanol–water partition coefficient (Wildman–Crippen LogP) is 3.08. The van der Waals surface area contributed by atoms with Gasteiger partial charge in [0, 0.05) is 28.5 Å². The van der Waals surface area contributed by atoms with Crippen molar-refractivity contribution < 1.29 is 0 Å². The van der Waals surface area contributed by atoms with Crippen molar-refractivity contribution in [2.75, 3.05) is 20.1 Å². The van der Waals surface area contributed by atoms with Crippen LogP contribution >= 0.6 is 27.3 Å². The Hall–Kier alpha value is 0.1000. The van der Waals surface area contributed by atoms with Crippen molar-refractivity contribution in [2.24, 2.45) is 0 Å². The topological polar surface area (TPSA) is 15.3 Å². The Morgan fingerprint density at radius 3 is 3.06 bits per heavy atom. The Morgan fingerprint density at radius 2 is 2.44 bits per heavy atom. The molecule has 0 bridgehead atoms. The van der Waals surface area contributed by atoms with Gasteiger partial charge in [0.1, 0.15) is 0 Å². The van der Waals surface area contributed by atoms with Crippen LogP contribution in [0.1, 0.15) is 24.1 Å². The van der Waals surface area contributed by atoms with Gasteiger partial charge in [0.15, 0.2) is 0 Å². The van der Waals surface area contributed by atoms with Crippen molar-refractivity contribution >= 4 is 27.3 Å². The molecule has 1 aliphatic rings. The maximum atomic E-state index is 3.59. The molecule has 4 heteroatoms. The zero-order valence-electron chi connectivity index (χ0n) is 9.71. The number of hydrogen-bond donors (Lipinski definition) is 1. The van der Waals surface area contributed by atoms with Gasteiger partial charge in [-0.2, -0.15) is 0 Å². The van der Waals surface area contributed by atoms with Crippen molar-refractivity contribution in [3.8, 4) is 0 Å². The Bertz CT molecular complexity index is 321. The maximum absolute atomic E-state index is 3.59. The molecule has 16 heavy (non-hydrogen) atoms. The zero-order chi connectivity index (χ0) is 11.4. The van der Waals surface area contributed by atoms with Crippen LogP contribution in [0.2, 0.25) is 0 Å². The van der Waals surface area contributed by atoms with Crippen molar-refractivity contribution in [1.29, 1.82) is 0 Å². The molecule has 0 amide bonds. The smallest absolute Gasteiger partial charge is 0.0336 e. The molecule has 2 nitrogen and oxygen atoms in total. The highest BCUT2D eigenvalue weighted by atomic mass is 79.9. The van der Waals surface area contributed by atoms with E-state index in [0.29, 0.717) is 6.04 Å². The summed E-state index contributed by atoms with van der Waals surface area (Å²) >= 11 is 5.42. The van der Waals surface area contributed by atoms with E-state index in [0.717, 1.165) is 13.1 Å². The summed E-state index contributed by atoms with van der Waals surface area (Å²) in [7, 11) is 2.21. The molecule has 1 aliphatic heterocycles. The Balaban J connectivity index is 1.79. The first-order valence-electron chi connectivity index (χ1n) is 5.89. The molecule has 0 aliphatic carbocycles. The van der Waals surface area contributed by atoms with Crippen LogP contribution in [0.3, 0.4) is 0 Å². The molecule has 0 spiro atoms. The van der Waals surface area contributed by atoms with Crippen LogP contribution in [0.5, 0.6) is 0 Å². The first-order valence-corrected chi connectivity index (χ1v) is 7.57. The van der Waals surface area contributed by atoms with E-state index >= 15 is 0 Å². The van der Waals surface area contributed by atoms with Gasteiger partial charge in [-0.25, -0.2) is 0 Å². The van der Waals surface area contributed by atoms with Crippen LogP contribution in [0.4, 0.5) is 0 Å². The Morgan fingerprint density at radius 1 is 1.56 bits per heavy atom. The van der Waals surface area contributed by atoms with Gasteiger partial charge in [-0.15, -0.1) is 11.3 Å². The molecule has 1 saturated heterocycles. The minimum Gasteiger partial charge on any atom is -0.313 e. The molecule has 90 valence electrons. The van der Waals surface area contributed by atoms with Gasteiger partial charge < -0.3 is 5.32 Å². The molecular weight excluding hydrogens is 284 g/mol. The van der Waals surface area contributed by atoms with Crippen molar-refractivity contribution in [2.45, 2.75) is 31.8 Å². The summed E-state index contributed by atoms with van der Waals surface area (Å²) in [6.07, 6.45) is 4.06. The lowest BCUT2D eigenvalue weighted by Gasteiger charge is -2.28. The number of nitrogens with one attached hydrogen (secondary N) is 1. The van der Waals surface area contributed by atoms with Crippen LogP contribution in [-0.4, -0.2) is 31.1 Å². The van der Waals surface area contributed by atoms with Gasteiger partial charge in [-0.1, -0.05) is 6.42 Å². The number of rotatable bonds is 4. The molecule has 1 aromatic heterocycles. The standard InChI is InChI=1S/C12H19BrN2S/c1-15(8-10-4-2-3-6-14-10)9-12-11(13)5-7-16-12/h5,7,10,14H,2-4,6,8-9H2,1H3. The van der Waals surface area contributed by atoms with Gasteiger partial charge in [0.25, 0.3) is 0 Å². The monoisotopic (exact) mass is 302 g/mol. The first kappa shape index (κ1) is 12.6. The Labute approximate surface area is 110 Å². The molecule has 2 heterocycles. The third-order valence-electron chi connectivity index (χ3n) is 3.05. The lowest BCUT2D eigenvalue weighted by atomic mass is 10.0. The summed E-state index contributed by atoms with van der Waals surface area (Å²) in [4.78, 5) is 3.85. The molecule has 0 radical (unpaired) electrons. The summed E-state index contributed by atoms with van der Waals surface area (Å²) in [6, 6.07) is 2.82.